The van der Waals surface area contributed by atoms with Crippen molar-refractivity contribution >= 4 is 29.2 Å². The second-order valence-electron chi connectivity index (χ2n) is 3.72. The first-order chi connectivity index (χ1) is 8.99. The quantitative estimate of drug-likeness (QED) is 0.901. The Hall–Kier alpha value is -2.34. The molecule has 2 N–H and O–H groups in total. The number of halogens is 1. The van der Waals surface area contributed by atoms with Crippen molar-refractivity contribution < 1.29 is 19.1 Å². The Morgan fingerprint density at radius 2 is 2.16 bits per heavy atom. The normalized spacial score (nSPS) is 10.2. The van der Waals surface area contributed by atoms with Crippen LogP contribution in [-0.4, -0.2) is 22.0 Å². The SMILES string of the molecule is Cc1ncoc1C(=O)Nc1ccc(C(=O)O)cc1Cl. The highest BCUT2D eigenvalue weighted by Crippen LogP contribution is 2.24. The molecule has 0 saturated heterocycles. The van der Waals surface area contributed by atoms with Crippen LogP contribution in [0.15, 0.2) is 29.0 Å². The summed E-state index contributed by atoms with van der Waals surface area (Å²) < 4.78 is 4.94. The highest BCUT2D eigenvalue weighted by Gasteiger charge is 2.16. The van der Waals surface area contributed by atoms with Crippen LogP contribution < -0.4 is 5.32 Å². The predicted molar refractivity (Wildman–Crippen MR) is 67.6 cm³/mol. The molecule has 0 unspecified atom stereocenters. The smallest absolute Gasteiger partial charge is 0.335 e. The van der Waals surface area contributed by atoms with Crippen LogP contribution in [0.3, 0.4) is 0 Å². The maximum absolute atomic E-state index is 11.8. The number of aryl methyl sites for hydroxylation is 1. The van der Waals surface area contributed by atoms with E-state index >= 15 is 0 Å². The average Bonchev–Trinajstić information content (AvgIpc) is 2.77. The maximum atomic E-state index is 11.8. The Morgan fingerprint density at radius 3 is 2.68 bits per heavy atom. The molecular weight excluding hydrogens is 272 g/mol. The van der Waals surface area contributed by atoms with E-state index in [2.05, 4.69) is 10.3 Å². The molecule has 0 atom stereocenters. The van der Waals surface area contributed by atoms with Gasteiger partial charge in [-0.25, -0.2) is 9.78 Å². The predicted octanol–water partition coefficient (Wildman–Crippen LogP) is 2.59. The minimum absolute atomic E-state index is 0.0406. The third-order valence-corrected chi connectivity index (χ3v) is 2.73. The van der Waals surface area contributed by atoms with Gasteiger partial charge in [0.15, 0.2) is 6.39 Å². The molecule has 1 aromatic carbocycles. The van der Waals surface area contributed by atoms with Gasteiger partial charge in [0.05, 0.1) is 22.0 Å². The molecule has 1 amide bonds. The number of carboxylic acids is 1. The summed E-state index contributed by atoms with van der Waals surface area (Å²) in [5, 5.41) is 11.5. The Kier molecular flexibility index (Phi) is 3.52. The number of carbonyl (C=O) groups is 2. The highest BCUT2D eigenvalue weighted by molar-refractivity contribution is 6.34. The van der Waals surface area contributed by atoms with Crippen molar-refractivity contribution in [2.45, 2.75) is 6.92 Å². The molecule has 6 nitrogen and oxygen atoms in total. The van der Waals surface area contributed by atoms with Crippen LogP contribution in [0.1, 0.15) is 26.6 Å². The van der Waals surface area contributed by atoms with Gasteiger partial charge in [0, 0.05) is 0 Å². The Balaban J connectivity index is 2.23. The zero-order valence-electron chi connectivity index (χ0n) is 9.81. The fourth-order valence-corrected chi connectivity index (χ4v) is 1.68. The van der Waals surface area contributed by atoms with Gasteiger partial charge in [0.1, 0.15) is 0 Å². The number of hydrogen-bond acceptors (Lipinski definition) is 4. The van der Waals surface area contributed by atoms with Crippen molar-refractivity contribution in [1.82, 2.24) is 4.98 Å². The zero-order chi connectivity index (χ0) is 14.0. The number of rotatable bonds is 3. The lowest BCUT2D eigenvalue weighted by atomic mass is 10.2. The lowest BCUT2D eigenvalue weighted by molar-refractivity contribution is 0.0696. The molecule has 1 heterocycles. The van der Waals surface area contributed by atoms with Gasteiger partial charge in [-0.2, -0.15) is 0 Å². The number of benzene rings is 1. The molecule has 0 aliphatic rings. The Labute approximate surface area is 113 Å². The van der Waals surface area contributed by atoms with Crippen LogP contribution in [0.25, 0.3) is 0 Å². The molecule has 0 aliphatic carbocycles. The highest BCUT2D eigenvalue weighted by atomic mass is 35.5. The fraction of sp³-hybridized carbons (Fsp3) is 0.0833. The standard InChI is InChI=1S/C12H9ClN2O4/c1-6-10(19-5-14-6)11(16)15-9-3-2-7(12(17)18)4-8(9)13/h2-5H,1H3,(H,15,16)(H,17,18). The van der Waals surface area contributed by atoms with E-state index in [1.54, 1.807) is 6.92 Å². The zero-order valence-corrected chi connectivity index (χ0v) is 10.6. The molecule has 98 valence electrons. The van der Waals surface area contributed by atoms with Crippen LogP contribution in [0.4, 0.5) is 5.69 Å². The number of nitrogens with one attached hydrogen (secondary N) is 1. The minimum atomic E-state index is -1.09. The third-order valence-electron chi connectivity index (χ3n) is 2.42. The van der Waals surface area contributed by atoms with Crippen molar-refractivity contribution in [1.29, 1.82) is 0 Å². The summed E-state index contributed by atoms with van der Waals surface area (Å²) in [5.74, 6) is -1.51. The number of aromatic carboxylic acids is 1. The topological polar surface area (TPSA) is 92.4 Å². The Bertz CT molecular complexity index is 651. The number of amides is 1. The molecule has 2 rings (SSSR count). The summed E-state index contributed by atoms with van der Waals surface area (Å²) in [6.45, 7) is 1.63. The summed E-state index contributed by atoms with van der Waals surface area (Å²) in [6, 6.07) is 4.01. The van der Waals surface area contributed by atoms with Crippen LogP contribution in [-0.2, 0) is 0 Å². The molecule has 19 heavy (non-hydrogen) atoms. The summed E-state index contributed by atoms with van der Waals surface area (Å²) >= 11 is 5.89. The lowest BCUT2D eigenvalue weighted by Gasteiger charge is -2.06. The monoisotopic (exact) mass is 280 g/mol. The first-order valence-corrected chi connectivity index (χ1v) is 5.61. The van der Waals surface area contributed by atoms with Gasteiger partial charge in [-0.3, -0.25) is 4.79 Å². The average molecular weight is 281 g/mol. The molecular formula is C12H9ClN2O4. The van der Waals surface area contributed by atoms with Crippen LogP contribution in [0.5, 0.6) is 0 Å². The van der Waals surface area contributed by atoms with Crippen molar-refractivity contribution in [2.75, 3.05) is 5.32 Å². The summed E-state index contributed by atoms with van der Waals surface area (Å²) in [6.07, 6.45) is 1.17. The van der Waals surface area contributed by atoms with Gasteiger partial charge in [-0.05, 0) is 25.1 Å². The van der Waals surface area contributed by atoms with Crippen molar-refractivity contribution in [3.8, 4) is 0 Å². The molecule has 7 heteroatoms. The van der Waals surface area contributed by atoms with E-state index in [9.17, 15) is 9.59 Å². The molecule has 0 saturated carbocycles. The van der Waals surface area contributed by atoms with E-state index in [0.29, 0.717) is 11.4 Å². The number of carbonyl (C=O) groups excluding carboxylic acids is 1. The summed E-state index contributed by atoms with van der Waals surface area (Å²) in [4.78, 5) is 26.4. The fourth-order valence-electron chi connectivity index (χ4n) is 1.45. The minimum Gasteiger partial charge on any atom is -0.478 e. The van der Waals surface area contributed by atoms with E-state index in [1.165, 1.54) is 24.6 Å². The van der Waals surface area contributed by atoms with Crippen LogP contribution in [0.2, 0.25) is 5.02 Å². The van der Waals surface area contributed by atoms with Crippen molar-refractivity contribution in [3.05, 3.63) is 46.6 Å². The van der Waals surface area contributed by atoms with Crippen molar-refractivity contribution in [2.24, 2.45) is 0 Å². The first-order valence-electron chi connectivity index (χ1n) is 5.23. The lowest BCUT2D eigenvalue weighted by Crippen LogP contribution is -2.13. The second kappa shape index (κ2) is 5.11. The molecule has 2 aromatic rings. The van der Waals surface area contributed by atoms with E-state index in [4.69, 9.17) is 21.1 Å². The maximum Gasteiger partial charge on any atom is 0.335 e. The number of carboxylic acid groups (broad SMARTS) is 1. The van der Waals surface area contributed by atoms with Gasteiger partial charge in [-0.15, -0.1) is 0 Å². The molecule has 1 aromatic heterocycles. The largest absolute Gasteiger partial charge is 0.478 e. The van der Waals surface area contributed by atoms with E-state index in [1.807, 2.05) is 0 Å². The first kappa shape index (κ1) is 13.1. The van der Waals surface area contributed by atoms with Gasteiger partial charge >= 0.3 is 5.97 Å². The summed E-state index contributed by atoms with van der Waals surface area (Å²) in [5.41, 5.74) is 0.794. The van der Waals surface area contributed by atoms with Crippen molar-refractivity contribution in [3.63, 3.8) is 0 Å². The molecule has 0 radical (unpaired) electrons. The number of anilines is 1. The van der Waals surface area contributed by atoms with Crippen LogP contribution in [0, 0.1) is 6.92 Å². The number of nitrogens with zero attached hydrogens (tertiary/aromatic N) is 1. The molecule has 0 fully saturated rings. The van der Waals surface area contributed by atoms with Crippen LogP contribution >= 0.6 is 11.6 Å². The summed E-state index contributed by atoms with van der Waals surface area (Å²) in [7, 11) is 0. The van der Waals surface area contributed by atoms with Gasteiger partial charge < -0.3 is 14.8 Å². The van der Waals surface area contributed by atoms with Gasteiger partial charge in [0.25, 0.3) is 5.91 Å². The second-order valence-corrected chi connectivity index (χ2v) is 4.13. The molecule has 0 spiro atoms. The third kappa shape index (κ3) is 2.74. The van der Waals surface area contributed by atoms with E-state index < -0.39 is 11.9 Å². The Morgan fingerprint density at radius 1 is 1.42 bits per heavy atom. The molecule has 0 bridgehead atoms. The van der Waals surface area contributed by atoms with Gasteiger partial charge in [0.2, 0.25) is 5.76 Å². The molecule has 0 aliphatic heterocycles. The van der Waals surface area contributed by atoms with E-state index in [-0.39, 0.29) is 16.3 Å². The number of hydrogen-bond donors (Lipinski definition) is 2. The number of aromatic nitrogens is 1. The number of oxazole rings is 1. The van der Waals surface area contributed by atoms with E-state index in [0.717, 1.165) is 0 Å². The van der Waals surface area contributed by atoms with Gasteiger partial charge in [-0.1, -0.05) is 11.6 Å².